The van der Waals surface area contributed by atoms with Gasteiger partial charge in [-0.15, -0.1) is 0 Å². The molecule has 0 aromatic heterocycles. The van der Waals surface area contributed by atoms with E-state index in [1.165, 1.54) is 6.07 Å². The average molecular weight is 249 g/mol. The van der Waals surface area contributed by atoms with Gasteiger partial charge in [-0.2, -0.15) is 0 Å². The molecule has 1 fully saturated rings. The summed E-state index contributed by atoms with van der Waals surface area (Å²) in [6.07, 6.45) is 2.32. The van der Waals surface area contributed by atoms with E-state index in [2.05, 4.69) is 11.8 Å². The highest BCUT2D eigenvalue weighted by atomic mass is 19.1. The van der Waals surface area contributed by atoms with Crippen LogP contribution < -0.4 is 0 Å². The van der Waals surface area contributed by atoms with Crippen molar-refractivity contribution in [1.82, 2.24) is 4.90 Å². The first-order valence-corrected chi connectivity index (χ1v) is 6.58. The zero-order valence-electron chi connectivity index (χ0n) is 11.1. The van der Waals surface area contributed by atoms with Crippen molar-refractivity contribution in [3.05, 3.63) is 35.1 Å². The summed E-state index contributed by atoms with van der Waals surface area (Å²) >= 11 is 0. The number of hydrogen-bond acceptors (Lipinski definition) is 2. The zero-order valence-corrected chi connectivity index (χ0v) is 11.1. The molecule has 0 radical (unpaired) electrons. The van der Waals surface area contributed by atoms with Crippen LogP contribution in [0.2, 0.25) is 0 Å². The number of rotatable bonds is 3. The minimum absolute atomic E-state index is 0.0904. The first-order chi connectivity index (χ1) is 8.56. The van der Waals surface area contributed by atoms with Crippen molar-refractivity contribution in [2.75, 3.05) is 19.6 Å². The fourth-order valence-corrected chi connectivity index (χ4v) is 2.33. The summed E-state index contributed by atoms with van der Waals surface area (Å²) in [6, 6.07) is 4.60. The van der Waals surface area contributed by atoms with Crippen LogP contribution in [0.15, 0.2) is 18.2 Å². The predicted octanol–water partition coefficient (Wildman–Crippen LogP) is 3.05. The van der Waals surface area contributed by atoms with Gasteiger partial charge in [-0.3, -0.25) is 9.69 Å². The second-order valence-electron chi connectivity index (χ2n) is 5.35. The largest absolute Gasteiger partial charge is 0.296 e. The first-order valence-electron chi connectivity index (χ1n) is 6.58. The number of piperidine rings is 1. The highest BCUT2D eigenvalue weighted by molar-refractivity contribution is 5.97. The van der Waals surface area contributed by atoms with E-state index in [1.54, 1.807) is 19.1 Å². The number of benzene rings is 1. The van der Waals surface area contributed by atoms with Gasteiger partial charge in [0.2, 0.25) is 0 Å². The average Bonchev–Trinajstić information content (AvgIpc) is 2.35. The fraction of sp³-hybridized carbons (Fsp3) is 0.533. The minimum atomic E-state index is -0.252. The number of hydrogen-bond donors (Lipinski definition) is 0. The molecule has 18 heavy (non-hydrogen) atoms. The maximum Gasteiger partial charge on any atom is 0.176 e. The molecule has 98 valence electrons. The summed E-state index contributed by atoms with van der Waals surface area (Å²) in [5.74, 6) is 0.607. The van der Waals surface area contributed by atoms with Crippen LogP contribution in [0.4, 0.5) is 4.39 Å². The number of carbonyl (C=O) groups excluding carboxylic acids is 1. The monoisotopic (exact) mass is 249 g/mol. The molecule has 0 atom stereocenters. The SMILES string of the molecule is Cc1cc(C(=O)CN2CCC(C)CC2)ccc1F. The van der Waals surface area contributed by atoms with Crippen LogP contribution in [0, 0.1) is 18.7 Å². The van der Waals surface area contributed by atoms with Crippen molar-refractivity contribution >= 4 is 5.78 Å². The lowest BCUT2D eigenvalue weighted by Crippen LogP contribution is -2.36. The summed E-state index contributed by atoms with van der Waals surface area (Å²) < 4.78 is 13.1. The standard InChI is InChI=1S/C15H20FNO/c1-11-5-7-17(8-6-11)10-15(18)13-3-4-14(16)12(2)9-13/h3-4,9,11H,5-8,10H2,1-2H3. The lowest BCUT2D eigenvalue weighted by molar-refractivity contribution is 0.0899. The number of carbonyl (C=O) groups is 1. The van der Waals surface area contributed by atoms with Gasteiger partial charge in [0.1, 0.15) is 5.82 Å². The Hall–Kier alpha value is -1.22. The van der Waals surface area contributed by atoms with E-state index in [0.29, 0.717) is 17.7 Å². The molecule has 0 unspecified atom stereocenters. The van der Waals surface area contributed by atoms with Gasteiger partial charge in [-0.25, -0.2) is 4.39 Å². The van der Waals surface area contributed by atoms with Crippen LogP contribution in [-0.2, 0) is 0 Å². The molecule has 1 aromatic carbocycles. The predicted molar refractivity (Wildman–Crippen MR) is 70.3 cm³/mol. The summed E-state index contributed by atoms with van der Waals surface area (Å²) in [7, 11) is 0. The molecule has 0 aliphatic carbocycles. The molecule has 0 saturated carbocycles. The van der Waals surface area contributed by atoms with Gasteiger partial charge in [-0.1, -0.05) is 6.92 Å². The van der Waals surface area contributed by atoms with Gasteiger partial charge in [0.25, 0.3) is 0 Å². The van der Waals surface area contributed by atoms with Crippen LogP contribution in [0.25, 0.3) is 0 Å². The van der Waals surface area contributed by atoms with E-state index in [4.69, 9.17) is 0 Å². The van der Waals surface area contributed by atoms with Crippen molar-refractivity contribution in [1.29, 1.82) is 0 Å². The van der Waals surface area contributed by atoms with E-state index in [1.807, 2.05) is 0 Å². The number of Topliss-reactive ketones (excluding diaryl/α,β-unsaturated/α-hetero) is 1. The van der Waals surface area contributed by atoms with Gasteiger partial charge in [0.15, 0.2) is 5.78 Å². The second kappa shape index (κ2) is 5.61. The quantitative estimate of drug-likeness (QED) is 0.767. The van der Waals surface area contributed by atoms with Crippen LogP contribution in [0.1, 0.15) is 35.7 Å². The lowest BCUT2D eigenvalue weighted by Gasteiger charge is -2.29. The topological polar surface area (TPSA) is 20.3 Å². The van der Waals surface area contributed by atoms with Gasteiger partial charge in [0.05, 0.1) is 6.54 Å². The molecule has 1 aliphatic heterocycles. The Morgan fingerprint density at radius 2 is 2.06 bits per heavy atom. The Bertz CT molecular complexity index is 436. The summed E-state index contributed by atoms with van der Waals surface area (Å²) in [6.45, 7) is 6.38. The summed E-state index contributed by atoms with van der Waals surface area (Å²) in [4.78, 5) is 14.3. The highest BCUT2D eigenvalue weighted by Crippen LogP contribution is 2.17. The molecular weight excluding hydrogens is 229 g/mol. The Morgan fingerprint density at radius 1 is 1.39 bits per heavy atom. The van der Waals surface area contributed by atoms with Crippen LogP contribution in [0.5, 0.6) is 0 Å². The van der Waals surface area contributed by atoms with Crippen LogP contribution >= 0.6 is 0 Å². The van der Waals surface area contributed by atoms with Crippen LogP contribution in [-0.4, -0.2) is 30.3 Å². The second-order valence-corrected chi connectivity index (χ2v) is 5.35. The summed E-state index contributed by atoms with van der Waals surface area (Å²) in [5.41, 5.74) is 1.15. The van der Waals surface area contributed by atoms with Gasteiger partial charge >= 0.3 is 0 Å². The van der Waals surface area contributed by atoms with E-state index in [0.717, 1.165) is 31.8 Å². The molecule has 1 aromatic rings. The van der Waals surface area contributed by atoms with Crippen molar-refractivity contribution in [3.8, 4) is 0 Å². The number of halogens is 1. The Morgan fingerprint density at radius 3 is 2.67 bits per heavy atom. The van der Waals surface area contributed by atoms with E-state index in [-0.39, 0.29) is 11.6 Å². The lowest BCUT2D eigenvalue weighted by atomic mass is 9.98. The van der Waals surface area contributed by atoms with Crippen molar-refractivity contribution in [3.63, 3.8) is 0 Å². The molecule has 1 aliphatic rings. The molecule has 0 N–H and O–H groups in total. The normalized spacial score (nSPS) is 17.9. The smallest absolute Gasteiger partial charge is 0.176 e. The molecule has 0 amide bonds. The Kier molecular flexibility index (Phi) is 4.12. The molecule has 0 spiro atoms. The first kappa shape index (κ1) is 13.2. The maximum atomic E-state index is 13.1. The molecule has 1 heterocycles. The third kappa shape index (κ3) is 3.16. The minimum Gasteiger partial charge on any atom is -0.296 e. The molecule has 1 saturated heterocycles. The van der Waals surface area contributed by atoms with Gasteiger partial charge < -0.3 is 0 Å². The van der Waals surface area contributed by atoms with E-state index in [9.17, 15) is 9.18 Å². The fourth-order valence-electron chi connectivity index (χ4n) is 2.33. The molecule has 2 rings (SSSR count). The Labute approximate surface area is 108 Å². The van der Waals surface area contributed by atoms with Gasteiger partial charge in [-0.05, 0) is 62.5 Å². The van der Waals surface area contributed by atoms with Crippen molar-refractivity contribution in [2.24, 2.45) is 5.92 Å². The summed E-state index contributed by atoms with van der Waals surface area (Å²) in [5, 5.41) is 0. The molecule has 3 heteroatoms. The number of ketones is 1. The Balaban J connectivity index is 1.97. The molecular formula is C15H20FNO. The molecule has 2 nitrogen and oxygen atoms in total. The van der Waals surface area contributed by atoms with Crippen molar-refractivity contribution < 1.29 is 9.18 Å². The number of nitrogens with zero attached hydrogens (tertiary/aromatic N) is 1. The zero-order chi connectivity index (χ0) is 13.1. The maximum absolute atomic E-state index is 13.1. The van der Waals surface area contributed by atoms with Crippen LogP contribution in [0.3, 0.4) is 0 Å². The third-order valence-corrected chi connectivity index (χ3v) is 3.72. The number of likely N-dealkylation sites (tertiary alicyclic amines) is 1. The van der Waals surface area contributed by atoms with E-state index >= 15 is 0 Å². The van der Waals surface area contributed by atoms with Crippen molar-refractivity contribution in [2.45, 2.75) is 26.7 Å². The third-order valence-electron chi connectivity index (χ3n) is 3.72. The highest BCUT2D eigenvalue weighted by Gasteiger charge is 2.18. The van der Waals surface area contributed by atoms with E-state index < -0.39 is 0 Å². The number of aryl methyl sites for hydroxylation is 1. The van der Waals surface area contributed by atoms with Gasteiger partial charge in [0, 0.05) is 5.56 Å². The molecule has 0 bridgehead atoms.